The van der Waals surface area contributed by atoms with E-state index in [2.05, 4.69) is 10.7 Å². The summed E-state index contributed by atoms with van der Waals surface area (Å²) in [6, 6.07) is 24.5. The molecule has 0 unspecified atom stereocenters. The average molecular weight is 390 g/mol. The van der Waals surface area contributed by atoms with Gasteiger partial charge in [-0.2, -0.15) is 5.26 Å². The predicted molar refractivity (Wildman–Crippen MR) is 112 cm³/mol. The van der Waals surface area contributed by atoms with Crippen molar-refractivity contribution in [2.75, 3.05) is 5.32 Å². The second-order valence-electron chi connectivity index (χ2n) is 6.28. The van der Waals surface area contributed by atoms with Crippen LogP contribution in [0, 0.1) is 16.5 Å². The minimum atomic E-state index is -0.316. The summed E-state index contributed by atoms with van der Waals surface area (Å²) in [7, 11) is 0. The summed E-state index contributed by atoms with van der Waals surface area (Å²) in [6.07, 6.45) is 0.204. The minimum absolute atomic E-state index is 0.0183. The van der Waals surface area contributed by atoms with Crippen LogP contribution in [-0.4, -0.2) is 11.0 Å². The van der Waals surface area contributed by atoms with Crippen LogP contribution in [0.3, 0.4) is 0 Å². The average Bonchev–Trinajstić information content (AvgIpc) is 2.74. The Hall–Kier alpha value is -3.10. The number of nitrogens with zero attached hydrogens (tertiary/aromatic N) is 1. The summed E-state index contributed by atoms with van der Waals surface area (Å²) in [5.41, 5.74) is 2.31. The van der Waals surface area contributed by atoms with Crippen molar-refractivity contribution in [2.24, 2.45) is 0 Å². The number of Topliss-reactive ketones (excluding diaryl/α,β-unsaturated/α-hetero) is 1. The standard InChI is InChI=1S/C23H19FN2OS/c24-19-11-13-20(14-12-19)26-23(18-9-5-2-6-10-18)22(28-16-25)15-21(27)17-7-3-1-4-8-17/h1-14,22-23,26H,15H2/t22-,23+/m0/s1. The van der Waals surface area contributed by atoms with Crippen LogP contribution in [-0.2, 0) is 0 Å². The second kappa shape index (κ2) is 9.72. The van der Waals surface area contributed by atoms with Crippen molar-refractivity contribution in [3.8, 4) is 5.40 Å². The maximum absolute atomic E-state index is 13.3. The number of hydrogen-bond acceptors (Lipinski definition) is 4. The molecule has 0 amide bonds. The van der Waals surface area contributed by atoms with E-state index >= 15 is 0 Å². The molecule has 0 radical (unpaired) electrons. The molecule has 140 valence electrons. The number of hydrogen-bond donors (Lipinski definition) is 1. The lowest BCUT2D eigenvalue weighted by molar-refractivity contribution is 0.0980. The van der Waals surface area contributed by atoms with Gasteiger partial charge in [0.1, 0.15) is 11.2 Å². The van der Waals surface area contributed by atoms with Crippen molar-refractivity contribution in [2.45, 2.75) is 17.7 Å². The fourth-order valence-corrected chi connectivity index (χ4v) is 3.73. The molecule has 3 nitrogen and oxygen atoms in total. The zero-order chi connectivity index (χ0) is 19.8. The Morgan fingerprint density at radius 1 is 0.964 bits per heavy atom. The van der Waals surface area contributed by atoms with Gasteiger partial charge in [-0.05, 0) is 41.6 Å². The predicted octanol–water partition coefficient (Wildman–Crippen LogP) is 5.83. The Morgan fingerprint density at radius 2 is 1.57 bits per heavy atom. The van der Waals surface area contributed by atoms with Crippen molar-refractivity contribution in [1.29, 1.82) is 5.26 Å². The number of rotatable bonds is 8. The van der Waals surface area contributed by atoms with Crippen LogP contribution >= 0.6 is 11.8 Å². The number of halogens is 1. The SMILES string of the molecule is N#CS[C@@H](CC(=O)c1ccccc1)[C@H](Nc1ccc(F)cc1)c1ccccc1. The Labute approximate surface area is 168 Å². The van der Waals surface area contributed by atoms with Gasteiger partial charge in [0, 0.05) is 17.7 Å². The molecule has 0 bridgehead atoms. The Morgan fingerprint density at radius 3 is 2.18 bits per heavy atom. The molecule has 0 saturated carbocycles. The van der Waals surface area contributed by atoms with Crippen molar-refractivity contribution in [3.05, 3.63) is 102 Å². The van der Waals surface area contributed by atoms with E-state index in [1.165, 1.54) is 12.1 Å². The zero-order valence-corrected chi connectivity index (χ0v) is 15.9. The summed E-state index contributed by atoms with van der Waals surface area (Å²) in [5, 5.41) is 14.5. The van der Waals surface area contributed by atoms with Crippen LogP contribution in [0.2, 0.25) is 0 Å². The normalized spacial score (nSPS) is 12.6. The van der Waals surface area contributed by atoms with E-state index in [-0.39, 0.29) is 29.3 Å². The van der Waals surface area contributed by atoms with Crippen molar-refractivity contribution in [1.82, 2.24) is 0 Å². The van der Waals surface area contributed by atoms with Crippen LogP contribution in [0.15, 0.2) is 84.9 Å². The fourth-order valence-electron chi connectivity index (χ4n) is 3.00. The topological polar surface area (TPSA) is 52.9 Å². The molecule has 0 aliphatic heterocycles. The monoisotopic (exact) mass is 390 g/mol. The summed E-state index contributed by atoms with van der Waals surface area (Å²) in [5.74, 6) is -0.334. The van der Waals surface area contributed by atoms with Gasteiger partial charge in [0.15, 0.2) is 5.78 Å². The molecular weight excluding hydrogens is 371 g/mol. The number of nitrogens with one attached hydrogen (secondary N) is 1. The molecule has 3 rings (SSSR count). The number of anilines is 1. The summed E-state index contributed by atoms with van der Waals surface area (Å²) in [4.78, 5) is 12.8. The quantitative estimate of drug-likeness (QED) is 0.388. The highest BCUT2D eigenvalue weighted by atomic mass is 32.2. The molecule has 0 heterocycles. The first-order chi connectivity index (χ1) is 13.7. The molecule has 5 heteroatoms. The maximum Gasteiger partial charge on any atom is 0.164 e. The molecule has 0 aliphatic rings. The van der Waals surface area contributed by atoms with Crippen LogP contribution in [0.4, 0.5) is 10.1 Å². The molecule has 3 aromatic carbocycles. The largest absolute Gasteiger partial charge is 0.377 e. The van der Waals surface area contributed by atoms with Gasteiger partial charge in [-0.25, -0.2) is 4.39 Å². The minimum Gasteiger partial charge on any atom is -0.377 e. The molecule has 2 atom stereocenters. The van der Waals surface area contributed by atoms with Gasteiger partial charge in [-0.15, -0.1) is 0 Å². The lowest BCUT2D eigenvalue weighted by Crippen LogP contribution is -2.25. The zero-order valence-electron chi connectivity index (χ0n) is 15.1. The van der Waals surface area contributed by atoms with E-state index in [1.54, 1.807) is 24.3 Å². The first-order valence-electron chi connectivity index (χ1n) is 8.87. The molecule has 0 aliphatic carbocycles. The van der Waals surface area contributed by atoms with Crippen LogP contribution in [0.25, 0.3) is 0 Å². The van der Waals surface area contributed by atoms with Crippen LogP contribution in [0.1, 0.15) is 28.4 Å². The van der Waals surface area contributed by atoms with Crippen LogP contribution < -0.4 is 5.32 Å². The fraction of sp³-hybridized carbons (Fsp3) is 0.130. The molecule has 28 heavy (non-hydrogen) atoms. The van der Waals surface area contributed by atoms with E-state index in [0.29, 0.717) is 5.56 Å². The number of ketones is 1. The van der Waals surface area contributed by atoms with Gasteiger partial charge in [0.25, 0.3) is 0 Å². The van der Waals surface area contributed by atoms with Gasteiger partial charge in [0.2, 0.25) is 0 Å². The van der Waals surface area contributed by atoms with Crippen molar-refractivity contribution < 1.29 is 9.18 Å². The molecular formula is C23H19FN2OS. The van der Waals surface area contributed by atoms with E-state index in [0.717, 1.165) is 23.0 Å². The molecule has 1 N–H and O–H groups in total. The summed E-state index contributed by atoms with van der Waals surface area (Å²) < 4.78 is 13.3. The first kappa shape index (κ1) is 19.7. The lowest BCUT2D eigenvalue weighted by atomic mass is 9.97. The third-order valence-electron chi connectivity index (χ3n) is 4.38. The van der Waals surface area contributed by atoms with E-state index in [1.807, 2.05) is 48.5 Å². The lowest BCUT2D eigenvalue weighted by Gasteiger charge is -2.27. The maximum atomic E-state index is 13.3. The first-order valence-corrected chi connectivity index (χ1v) is 9.75. The van der Waals surface area contributed by atoms with Crippen molar-refractivity contribution >= 4 is 23.2 Å². The third-order valence-corrected chi connectivity index (χ3v) is 5.23. The van der Waals surface area contributed by atoms with Crippen molar-refractivity contribution in [3.63, 3.8) is 0 Å². The van der Waals surface area contributed by atoms with E-state index in [4.69, 9.17) is 0 Å². The Balaban J connectivity index is 1.89. The number of carbonyl (C=O) groups excluding carboxylic acids is 1. The van der Waals surface area contributed by atoms with Crippen LogP contribution in [0.5, 0.6) is 0 Å². The molecule has 0 aromatic heterocycles. The smallest absolute Gasteiger partial charge is 0.164 e. The summed E-state index contributed by atoms with van der Waals surface area (Å²) in [6.45, 7) is 0. The second-order valence-corrected chi connectivity index (χ2v) is 7.30. The number of nitriles is 1. The third kappa shape index (κ3) is 5.21. The molecule has 3 aromatic rings. The van der Waals surface area contributed by atoms with E-state index < -0.39 is 0 Å². The highest BCUT2D eigenvalue weighted by molar-refractivity contribution is 8.04. The molecule has 0 fully saturated rings. The summed E-state index contributed by atoms with van der Waals surface area (Å²) >= 11 is 1.07. The Kier molecular flexibility index (Phi) is 6.83. The van der Waals surface area contributed by atoms with Gasteiger partial charge < -0.3 is 5.32 Å². The highest BCUT2D eigenvalue weighted by Gasteiger charge is 2.27. The molecule has 0 saturated heterocycles. The van der Waals surface area contributed by atoms with E-state index in [9.17, 15) is 14.4 Å². The van der Waals surface area contributed by atoms with Gasteiger partial charge in [-0.3, -0.25) is 4.79 Å². The highest BCUT2D eigenvalue weighted by Crippen LogP contribution is 2.33. The number of thioether (sulfide) groups is 1. The van der Waals surface area contributed by atoms with Gasteiger partial charge >= 0.3 is 0 Å². The Bertz CT molecular complexity index is 940. The number of thiocyanates is 1. The number of benzene rings is 3. The van der Waals surface area contributed by atoms with Gasteiger partial charge in [-0.1, -0.05) is 60.7 Å². The van der Waals surface area contributed by atoms with Gasteiger partial charge in [0.05, 0.1) is 11.3 Å². The molecule has 0 spiro atoms. The number of carbonyl (C=O) groups is 1.